The lowest BCUT2D eigenvalue weighted by molar-refractivity contribution is -0.135. The minimum atomic E-state index is -0.878. The molecule has 148 valence electrons. The first kappa shape index (κ1) is 20.9. The number of amides is 1. The van der Waals surface area contributed by atoms with Crippen LogP contribution in [-0.4, -0.2) is 17.9 Å². The van der Waals surface area contributed by atoms with Crippen molar-refractivity contribution in [1.29, 1.82) is 0 Å². The van der Waals surface area contributed by atoms with Gasteiger partial charge in [-0.1, -0.05) is 59.6 Å². The highest BCUT2D eigenvalue weighted by atomic mass is 35.5. The average Bonchev–Trinajstić information content (AvgIpc) is 2.70. The van der Waals surface area contributed by atoms with Crippen LogP contribution in [0.3, 0.4) is 0 Å². The summed E-state index contributed by atoms with van der Waals surface area (Å²) in [5.74, 6) is -1.07. The van der Waals surface area contributed by atoms with Gasteiger partial charge in [0.2, 0.25) is 0 Å². The van der Waals surface area contributed by atoms with Gasteiger partial charge in [0.1, 0.15) is 11.8 Å². The molecular weight excluding hydrogens is 411 g/mol. The number of nitrogens with one attached hydrogen (secondary N) is 1. The highest BCUT2D eigenvalue weighted by Gasteiger charge is 2.21. The predicted octanol–water partition coefficient (Wildman–Crippen LogP) is 4.72. The second-order valence-electron chi connectivity index (χ2n) is 6.32. The van der Waals surface area contributed by atoms with Gasteiger partial charge in [-0.15, -0.1) is 0 Å². The Morgan fingerprint density at radius 3 is 2.38 bits per heavy atom. The molecule has 7 heteroatoms. The van der Waals surface area contributed by atoms with Crippen molar-refractivity contribution in [3.8, 4) is 5.75 Å². The van der Waals surface area contributed by atoms with Crippen LogP contribution in [0, 0.1) is 0 Å². The van der Waals surface area contributed by atoms with Gasteiger partial charge in [-0.25, -0.2) is 4.79 Å². The number of esters is 1. The number of hydrogen-bond acceptors (Lipinski definition) is 4. The molecule has 1 amide bonds. The van der Waals surface area contributed by atoms with Crippen LogP contribution in [0.4, 0.5) is 5.69 Å². The Balaban J connectivity index is 1.75. The van der Waals surface area contributed by atoms with Gasteiger partial charge in [0.25, 0.3) is 5.91 Å². The molecule has 0 spiro atoms. The molecule has 3 aromatic carbocycles. The fourth-order valence-corrected chi connectivity index (χ4v) is 3.03. The van der Waals surface area contributed by atoms with E-state index in [9.17, 15) is 9.59 Å². The van der Waals surface area contributed by atoms with E-state index in [1.54, 1.807) is 24.3 Å². The van der Waals surface area contributed by atoms with Gasteiger partial charge < -0.3 is 15.8 Å². The number of carbonyl (C=O) groups excluding carboxylic acids is 2. The SMILES string of the molecule is N[C@@H](Cc1ccccc1)C(=O)Oc1ccc(Cl)cc1C(=O)Nc1cccc(Cl)c1. The molecule has 0 heterocycles. The van der Waals surface area contributed by atoms with E-state index in [2.05, 4.69) is 5.32 Å². The van der Waals surface area contributed by atoms with Crippen molar-refractivity contribution in [1.82, 2.24) is 0 Å². The largest absolute Gasteiger partial charge is 0.425 e. The van der Waals surface area contributed by atoms with E-state index in [4.69, 9.17) is 33.7 Å². The number of anilines is 1. The van der Waals surface area contributed by atoms with Crippen LogP contribution < -0.4 is 15.8 Å². The van der Waals surface area contributed by atoms with Crippen LogP contribution in [0.25, 0.3) is 0 Å². The van der Waals surface area contributed by atoms with Gasteiger partial charge in [-0.2, -0.15) is 0 Å². The van der Waals surface area contributed by atoms with Crippen molar-refractivity contribution in [2.45, 2.75) is 12.5 Å². The number of benzene rings is 3. The summed E-state index contributed by atoms with van der Waals surface area (Å²) >= 11 is 12.0. The van der Waals surface area contributed by atoms with E-state index in [1.165, 1.54) is 18.2 Å². The van der Waals surface area contributed by atoms with Crippen LogP contribution in [0.15, 0.2) is 72.8 Å². The van der Waals surface area contributed by atoms with E-state index in [0.717, 1.165) is 5.56 Å². The highest BCUT2D eigenvalue weighted by Crippen LogP contribution is 2.25. The van der Waals surface area contributed by atoms with Gasteiger partial charge in [-0.3, -0.25) is 4.79 Å². The predicted molar refractivity (Wildman–Crippen MR) is 115 cm³/mol. The van der Waals surface area contributed by atoms with Gasteiger partial charge >= 0.3 is 5.97 Å². The van der Waals surface area contributed by atoms with Crippen molar-refractivity contribution >= 4 is 40.8 Å². The topological polar surface area (TPSA) is 81.4 Å². The number of ether oxygens (including phenoxy) is 1. The maximum atomic E-state index is 12.7. The fourth-order valence-electron chi connectivity index (χ4n) is 2.67. The molecule has 0 saturated carbocycles. The molecule has 0 saturated heterocycles. The number of halogens is 2. The molecule has 0 aliphatic heterocycles. The summed E-state index contributed by atoms with van der Waals surface area (Å²) in [6.07, 6.45) is 0.317. The van der Waals surface area contributed by atoms with Gasteiger partial charge in [-0.05, 0) is 48.4 Å². The third kappa shape index (κ3) is 5.81. The molecule has 3 N–H and O–H groups in total. The van der Waals surface area contributed by atoms with Gasteiger partial charge in [0, 0.05) is 15.7 Å². The van der Waals surface area contributed by atoms with Crippen LogP contribution >= 0.6 is 23.2 Å². The maximum Gasteiger partial charge on any atom is 0.328 e. The van der Waals surface area contributed by atoms with E-state index in [0.29, 0.717) is 22.2 Å². The van der Waals surface area contributed by atoms with Gasteiger partial charge in [0.15, 0.2) is 0 Å². The summed E-state index contributed by atoms with van der Waals surface area (Å²) in [5.41, 5.74) is 7.50. The Morgan fingerprint density at radius 2 is 1.66 bits per heavy atom. The number of hydrogen-bond donors (Lipinski definition) is 2. The Hall–Kier alpha value is -2.86. The molecule has 0 aliphatic carbocycles. The maximum absolute atomic E-state index is 12.7. The Morgan fingerprint density at radius 1 is 0.931 bits per heavy atom. The average molecular weight is 429 g/mol. The summed E-state index contributed by atoms with van der Waals surface area (Å²) in [6.45, 7) is 0. The van der Waals surface area contributed by atoms with Gasteiger partial charge in [0.05, 0.1) is 5.56 Å². The summed E-state index contributed by atoms with van der Waals surface area (Å²) in [6, 6.07) is 19.6. The molecule has 3 rings (SSSR count). The normalized spacial score (nSPS) is 11.6. The van der Waals surface area contributed by atoms with Crippen molar-refractivity contribution in [3.63, 3.8) is 0 Å². The van der Waals surface area contributed by atoms with Crippen molar-refractivity contribution in [2.75, 3.05) is 5.32 Å². The lowest BCUT2D eigenvalue weighted by Crippen LogP contribution is -2.36. The lowest BCUT2D eigenvalue weighted by Gasteiger charge is -2.14. The molecule has 5 nitrogen and oxygen atoms in total. The molecule has 0 fully saturated rings. The number of carbonyl (C=O) groups is 2. The third-order valence-corrected chi connectivity index (χ3v) is 4.55. The van der Waals surface area contributed by atoms with E-state index in [1.807, 2.05) is 30.3 Å². The first-order valence-electron chi connectivity index (χ1n) is 8.80. The molecule has 0 bridgehead atoms. The monoisotopic (exact) mass is 428 g/mol. The summed E-state index contributed by atoms with van der Waals surface area (Å²) < 4.78 is 5.41. The zero-order chi connectivity index (χ0) is 20.8. The minimum absolute atomic E-state index is 0.0717. The minimum Gasteiger partial charge on any atom is -0.425 e. The fraction of sp³-hybridized carbons (Fsp3) is 0.0909. The standard InChI is InChI=1S/C22H18Cl2N2O3/c23-15-7-4-8-17(12-15)26-21(27)18-13-16(24)9-10-20(18)29-22(28)19(25)11-14-5-2-1-3-6-14/h1-10,12-13,19H,11,25H2,(H,26,27)/t19-/m0/s1. The van der Waals surface area contributed by atoms with Crippen LogP contribution in [0.1, 0.15) is 15.9 Å². The molecule has 29 heavy (non-hydrogen) atoms. The van der Waals surface area contributed by atoms with Crippen molar-refractivity contribution < 1.29 is 14.3 Å². The third-order valence-electron chi connectivity index (χ3n) is 4.08. The first-order valence-corrected chi connectivity index (χ1v) is 9.55. The Bertz CT molecular complexity index is 1030. The van der Waals surface area contributed by atoms with Crippen LogP contribution in [0.5, 0.6) is 5.75 Å². The van der Waals surface area contributed by atoms with Crippen molar-refractivity contribution in [3.05, 3.63) is 94.0 Å². The number of rotatable bonds is 6. The van der Waals surface area contributed by atoms with E-state index in [-0.39, 0.29) is 11.3 Å². The zero-order valence-electron chi connectivity index (χ0n) is 15.3. The molecular formula is C22H18Cl2N2O3. The second kappa shape index (κ2) is 9.56. The Labute approximate surface area is 178 Å². The lowest BCUT2D eigenvalue weighted by atomic mass is 10.1. The highest BCUT2D eigenvalue weighted by molar-refractivity contribution is 6.31. The molecule has 0 unspecified atom stereocenters. The Kier molecular flexibility index (Phi) is 6.88. The van der Waals surface area contributed by atoms with E-state index < -0.39 is 17.9 Å². The summed E-state index contributed by atoms with van der Waals surface area (Å²) in [4.78, 5) is 25.2. The molecule has 0 radical (unpaired) electrons. The molecule has 0 aromatic heterocycles. The first-order chi connectivity index (χ1) is 13.9. The summed E-state index contributed by atoms with van der Waals surface area (Å²) in [5, 5.41) is 3.51. The molecule has 3 aromatic rings. The van der Waals surface area contributed by atoms with E-state index >= 15 is 0 Å². The molecule has 1 atom stereocenters. The molecule has 0 aliphatic rings. The van der Waals surface area contributed by atoms with Crippen LogP contribution in [-0.2, 0) is 11.2 Å². The smallest absolute Gasteiger partial charge is 0.328 e. The quantitative estimate of drug-likeness (QED) is 0.439. The second-order valence-corrected chi connectivity index (χ2v) is 7.20. The van der Waals surface area contributed by atoms with Crippen LogP contribution in [0.2, 0.25) is 10.0 Å². The summed E-state index contributed by atoms with van der Waals surface area (Å²) in [7, 11) is 0. The number of nitrogens with two attached hydrogens (primary N) is 1. The zero-order valence-corrected chi connectivity index (χ0v) is 16.8. The van der Waals surface area contributed by atoms with Crippen molar-refractivity contribution in [2.24, 2.45) is 5.73 Å².